The molecular formula is C16H20O5. The monoisotopic (exact) mass is 292 g/mol. The Bertz CT molecular complexity index is 618. The summed E-state index contributed by atoms with van der Waals surface area (Å²) in [5.74, 6) is 2.14. The topological polar surface area (TPSA) is 57.2 Å². The number of rotatable bonds is 7. The SMILES string of the molecule is COc1cc2c(cc1OC)=C(CCOCCO)OC=CC=2. The summed E-state index contributed by atoms with van der Waals surface area (Å²) in [5, 5.41) is 10.7. The van der Waals surface area contributed by atoms with E-state index >= 15 is 0 Å². The molecule has 1 aromatic rings. The highest BCUT2D eigenvalue weighted by Gasteiger charge is 2.09. The van der Waals surface area contributed by atoms with Crippen molar-refractivity contribution in [2.45, 2.75) is 6.42 Å². The maximum Gasteiger partial charge on any atom is 0.161 e. The Hall–Kier alpha value is -1.98. The van der Waals surface area contributed by atoms with E-state index in [1.54, 1.807) is 20.5 Å². The van der Waals surface area contributed by atoms with Gasteiger partial charge in [-0.3, -0.25) is 0 Å². The maximum absolute atomic E-state index is 8.72. The molecule has 5 heteroatoms. The Kier molecular flexibility index (Phi) is 5.66. The van der Waals surface area contributed by atoms with Gasteiger partial charge in [0.05, 0.1) is 40.3 Å². The molecule has 1 heterocycles. The largest absolute Gasteiger partial charge is 0.493 e. The molecule has 1 aliphatic heterocycles. The number of ether oxygens (including phenoxy) is 4. The van der Waals surface area contributed by atoms with Gasteiger partial charge >= 0.3 is 0 Å². The highest BCUT2D eigenvalue weighted by Crippen LogP contribution is 2.22. The van der Waals surface area contributed by atoms with Crippen molar-refractivity contribution >= 4 is 11.8 Å². The lowest BCUT2D eigenvalue weighted by atomic mass is 10.1. The van der Waals surface area contributed by atoms with E-state index in [0.717, 1.165) is 16.2 Å². The fourth-order valence-corrected chi connectivity index (χ4v) is 2.13. The Morgan fingerprint density at radius 3 is 2.57 bits per heavy atom. The van der Waals surface area contributed by atoms with Crippen LogP contribution in [0.25, 0.3) is 11.8 Å². The first-order valence-corrected chi connectivity index (χ1v) is 6.77. The lowest BCUT2D eigenvalue weighted by Gasteiger charge is -2.10. The van der Waals surface area contributed by atoms with Crippen LogP contribution < -0.4 is 19.9 Å². The molecule has 1 aromatic carbocycles. The van der Waals surface area contributed by atoms with Crippen LogP contribution in [-0.2, 0) is 9.47 Å². The number of allylic oxidation sites excluding steroid dienone is 1. The normalized spacial score (nSPS) is 13.0. The van der Waals surface area contributed by atoms with Gasteiger partial charge < -0.3 is 24.1 Å². The van der Waals surface area contributed by atoms with Crippen molar-refractivity contribution in [2.75, 3.05) is 34.0 Å². The van der Waals surface area contributed by atoms with Crippen molar-refractivity contribution in [3.8, 4) is 11.5 Å². The summed E-state index contributed by atoms with van der Waals surface area (Å²) in [7, 11) is 3.22. The molecule has 0 radical (unpaired) electrons. The minimum Gasteiger partial charge on any atom is -0.493 e. The van der Waals surface area contributed by atoms with Gasteiger partial charge in [0.1, 0.15) is 5.76 Å². The van der Waals surface area contributed by atoms with Crippen LogP contribution in [0.2, 0.25) is 0 Å². The summed E-state index contributed by atoms with van der Waals surface area (Å²) in [6.45, 7) is 0.830. The molecule has 0 spiro atoms. The van der Waals surface area contributed by atoms with E-state index in [4.69, 9.17) is 24.1 Å². The van der Waals surface area contributed by atoms with Crippen molar-refractivity contribution in [2.24, 2.45) is 0 Å². The van der Waals surface area contributed by atoms with Crippen molar-refractivity contribution in [1.82, 2.24) is 0 Å². The highest BCUT2D eigenvalue weighted by molar-refractivity contribution is 5.52. The second-order valence-corrected chi connectivity index (χ2v) is 4.42. The zero-order valence-corrected chi connectivity index (χ0v) is 12.3. The third-order valence-corrected chi connectivity index (χ3v) is 3.13. The molecule has 0 amide bonds. The summed E-state index contributed by atoms with van der Waals surface area (Å²) < 4.78 is 21.6. The second kappa shape index (κ2) is 7.71. The van der Waals surface area contributed by atoms with E-state index in [0.29, 0.717) is 31.1 Å². The van der Waals surface area contributed by atoms with Gasteiger partial charge in [0.25, 0.3) is 0 Å². The van der Waals surface area contributed by atoms with Crippen molar-refractivity contribution < 1.29 is 24.1 Å². The molecule has 21 heavy (non-hydrogen) atoms. The molecule has 0 aliphatic carbocycles. The first kappa shape index (κ1) is 15.4. The van der Waals surface area contributed by atoms with Crippen LogP contribution in [0.5, 0.6) is 11.5 Å². The molecule has 2 rings (SSSR count). The summed E-state index contributed by atoms with van der Waals surface area (Å²) in [6.07, 6.45) is 6.05. The first-order chi connectivity index (χ1) is 10.3. The minimum absolute atomic E-state index is 0.0193. The van der Waals surface area contributed by atoms with Crippen LogP contribution in [0.15, 0.2) is 24.5 Å². The predicted octanol–water partition coefficient (Wildman–Crippen LogP) is 0.535. The number of methoxy groups -OCH3 is 2. The average molecular weight is 292 g/mol. The molecule has 114 valence electrons. The van der Waals surface area contributed by atoms with E-state index in [1.165, 1.54) is 0 Å². The second-order valence-electron chi connectivity index (χ2n) is 4.42. The molecular weight excluding hydrogens is 272 g/mol. The van der Waals surface area contributed by atoms with Crippen molar-refractivity contribution in [1.29, 1.82) is 0 Å². The minimum atomic E-state index is 0.0193. The van der Waals surface area contributed by atoms with Gasteiger partial charge in [0.15, 0.2) is 11.5 Å². The molecule has 1 N–H and O–H groups in total. The van der Waals surface area contributed by atoms with E-state index in [-0.39, 0.29) is 6.61 Å². The number of aliphatic hydroxyl groups is 1. The van der Waals surface area contributed by atoms with Gasteiger partial charge in [0, 0.05) is 11.6 Å². The van der Waals surface area contributed by atoms with Crippen LogP contribution in [0, 0.1) is 0 Å². The van der Waals surface area contributed by atoms with E-state index in [9.17, 15) is 0 Å². The highest BCUT2D eigenvalue weighted by atomic mass is 16.5. The zero-order chi connectivity index (χ0) is 15.1. The van der Waals surface area contributed by atoms with E-state index in [1.807, 2.05) is 24.3 Å². The van der Waals surface area contributed by atoms with E-state index in [2.05, 4.69) is 0 Å². The number of hydrogen-bond acceptors (Lipinski definition) is 5. The number of benzene rings is 1. The van der Waals surface area contributed by atoms with Crippen LogP contribution in [0.4, 0.5) is 0 Å². The third kappa shape index (κ3) is 3.77. The Morgan fingerprint density at radius 1 is 1.10 bits per heavy atom. The molecule has 0 saturated carbocycles. The average Bonchev–Trinajstić information content (AvgIpc) is 2.72. The lowest BCUT2D eigenvalue weighted by Crippen LogP contribution is -2.27. The van der Waals surface area contributed by atoms with E-state index < -0.39 is 0 Å². The fraction of sp³-hybridized carbons (Fsp3) is 0.375. The molecule has 0 fully saturated rings. The van der Waals surface area contributed by atoms with Gasteiger partial charge in [-0.05, 0) is 23.4 Å². The summed E-state index contributed by atoms with van der Waals surface area (Å²) in [4.78, 5) is 0. The number of fused-ring (bicyclic) bond motifs is 1. The zero-order valence-electron chi connectivity index (χ0n) is 12.3. The Morgan fingerprint density at radius 2 is 1.86 bits per heavy atom. The van der Waals surface area contributed by atoms with Crippen LogP contribution in [0.1, 0.15) is 6.42 Å². The quantitative estimate of drug-likeness (QED) is 0.743. The molecule has 0 aromatic heterocycles. The molecule has 1 aliphatic rings. The summed E-state index contributed by atoms with van der Waals surface area (Å²) in [5.41, 5.74) is 0. The van der Waals surface area contributed by atoms with Crippen molar-refractivity contribution in [3.63, 3.8) is 0 Å². The summed E-state index contributed by atoms with van der Waals surface area (Å²) >= 11 is 0. The number of aliphatic hydroxyl groups excluding tert-OH is 1. The van der Waals surface area contributed by atoms with Crippen LogP contribution in [-0.4, -0.2) is 39.1 Å². The van der Waals surface area contributed by atoms with Gasteiger partial charge in [-0.2, -0.15) is 0 Å². The van der Waals surface area contributed by atoms with Crippen LogP contribution in [0.3, 0.4) is 0 Å². The first-order valence-electron chi connectivity index (χ1n) is 6.77. The van der Waals surface area contributed by atoms with Gasteiger partial charge in [0.2, 0.25) is 0 Å². The standard InChI is InChI=1S/C16H20O5/c1-18-15-10-12-4-3-7-21-14(5-8-20-9-6-17)13(12)11-16(15)19-2/h3-4,7,10-11,17H,5-6,8-9H2,1-2H3. The molecule has 0 bridgehead atoms. The molecule has 0 atom stereocenters. The fourth-order valence-electron chi connectivity index (χ4n) is 2.13. The molecule has 0 saturated heterocycles. The van der Waals surface area contributed by atoms with Crippen molar-refractivity contribution in [3.05, 3.63) is 34.9 Å². The predicted molar refractivity (Wildman–Crippen MR) is 79.4 cm³/mol. The third-order valence-electron chi connectivity index (χ3n) is 3.13. The number of hydrogen-bond donors (Lipinski definition) is 1. The molecule has 0 unspecified atom stereocenters. The van der Waals surface area contributed by atoms with Gasteiger partial charge in [-0.25, -0.2) is 0 Å². The lowest BCUT2D eigenvalue weighted by molar-refractivity contribution is 0.0934. The maximum atomic E-state index is 8.72. The van der Waals surface area contributed by atoms with Crippen LogP contribution >= 0.6 is 0 Å². The Labute approximate surface area is 123 Å². The summed E-state index contributed by atoms with van der Waals surface area (Å²) in [6, 6.07) is 3.82. The smallest absolute Gasteiger partial charge is 0.161 e. The van der Waals surface area contributed by atoms with Gasteiger partial charge in [-0.1, -0.05) is 6.08 Å². The Balaban J connectivity index is 2.40. The molecule has 5 nitrogen and oxygen atoms in total. The van der Waals surface area contributed by atoms with Gasteiger partial charge in [-0.15, -0.1) is 0 Å².